The maximum Gasteiger partial charge on any atom is 0.303 e. The first kappa shape index (κ1) is 35.4. The van der Waals surface area contributed by atoms with Crippen molar-refractivity contribution in [3.63, 3.8) is 0 Å². The summed E-state index contributed by atoms with van der Waals surface area (Å²) in [6.45, 7) is 5.11. The first-order chi connectivity index (χ1) is 21.2. The fraction of sp³-hybridized carbons (Fsp3) is 0.485. The van der Waals surface area contributed by atoms with Gasteiger partial charge < -0.3 is 10.4 Å². The van der Waals surface area contributed by atoms with Gasteiger partial charge >= 0.3 is 5.97 Å². The molecule has 0 radical (unpaired) electrons. The molecular formula is C33H41ClN4O4S2. The number of aromatic nitrogens is 1. The summed E-state index contributed by atoms with van der Waals surface area (Å²) < 4.78 is 2.10. The lowest BCUT2D eigenvalue weighted by molar-refractivity contribution is -0.137. The lowest BCUT2D eigenvalue weighted by atomic mass is 10.0. The molecule has 2 aromatic rings. The van der Waals surface area contributed by atoms with E-state index in [1.54, 1.807) is 22.5 Å². The molecule has 1 fully saturated rings. The molecule has 2 N–H and O–H groups in total. The van der Waals surface area contributed by atoms with Crippen LogP contribution in [0.3, 0.4) is 0 Å². The molecule has 1 saturated heterocycles. The van der Waals surface area contributed by atoms with Gasteiger partial charge in [0.15, 0.2) is 0 Å². The monoisotopic (exact) mass is 656 g/mol. The zero-order valence-electron chi connectivity index (χ0n) is 25.5. The van der Waals surface area contributed by atoms with E-state index in [0.29, 0.717) is 50.8 Å². The number of hydrogen-bond donors (Lipinski definition) is 2. The first-order valence-electron chi connectivity index (χ1n) is 15.3. The largest absolute Gasteiger partial charge is 0.481 e. The van der Waals surface area contributed by atoms with Gasteiger partial charge in [0.05, 0.1) is 4.91 Å². The third-order valence-corrected chi connectivity index (χ3v) is 9.43. The highest BCUT2D eigenvalue weighted by Crippen LogP contribution is 2.35. The third-order valence-electron chi connectivity index (χ3n) is 7.69. The second-order valence-corrected chi connectivity index (χ2v) is 13.0. The molecule has 0 atom stereocenters. The van der Waals surface area contributed by atoms with Crippen molar-refractivity contribution in [2.45, 2.75) is 97.6 Å². The molecule has 0 spiro atoms. The van der Waals surface area contributed by atoms with Crippen molar-refractivity contribution in [1.82, 2.24) is 9.47 Å². The number of amides is 1. The summed E-state index contributed by atoms with van der Waals surface area (Å²) in [6.07, 6.45) is 11.4. The van der Waals surface area contributed by atoms with E-state index < -0.39 is 5.97 Å². The summed E-state index contributed by atoms with van der Waals surface area (Å²) in [6, 6.07) is 9.56. The lowest BCUT2D eigenvalue weighted by Gasteiger charge is -2.20. The number of hydrogen-bond acceptors (Lipinski definition) is 7. The van der Waals surface area contributed by atoms with Gasteiger partial charge in [0, 0.05) is 36.6 Å². The molecule has 1 amide bonds. The number of carbonyl (C=O) groups excluding carboxylic acids is 1. The van der Waals surface area contributed by atoms with Crippen molar-refractivity contribution in [2.75, 3.05) is 11.9 Å². The lowest BCUT2D eigenvalue weighted by Crippen LogP contribution is -2.29. The normalized spacial score (nSPS) is 14.0. The van der Waals surface area contributed by atoms with Crippen LogP contribution in [0.2, 0.25) is 5.02 Å². The van der Waals surface area contributed by atoms with Crippen molar-refractivity contribution >= 4 is 63.7 Å². The van der Waals surface area contributed by atoms with E-state index in [9.17, 15) is 19.6 Å². The predicted molar refractivity (Wildman–Crippen MR) is 183 cm³/mol. The second kappa shape index (κ2) is 18.0. The Morgan fingerprint density at radius 2 is 1.73 bits per heavy atom. The molecule has 2 heterocycles. The highest BCUT2D eigenvalue weighted by Gasteiger charge is 2.32. The number of anilines is 1. The van der Waals surface area contributed by atoms with Gasteiger partial charge in [-0.25, -0.2) is 0 Å². The molecule has 0 aliphatic carbocycles. The molecule has 236 valence electrons. The molecule has 3 rings (SSSR count). The van der Waals surface area contributed by atoms with Crippen molar-refractivity contribution in [3.8, 4) is 6.07 Å². The molecule has 1 aromatic heterocycles. The summed E-state index contributed by atoms with van der Waals surface area (Å²) >= 11 is 13.2. The van der Waals surface area contributed by atoms with Crippen LogP contribution in [0, 0.1) is 18.3 Å². The molecule has 1 aliphatic heterocycles. The number of nitrogens with zero attached hydrogens (tertiary/aromatic N) is 3. The van der Waals surface area contributed by atoms with E-state index in [1.807, 2.05) is 31.2 Å². The molecule has 1 aliphatic rings. The van der Waals surface area contributed by atoms with Gasteiger partial charge in [-0.2, -0.15) is 5.26 Å². The number of carbonyl (C=O) groups is 2. The van der Waals surface area contributed by atoms with E-state index in [1.165, 1.54) is 11.8 Å². The number of carboxylic acids is 1. The number of halogens is 1. The fourth-order valence-corrected chi connectivity index (χ4v) is 6.63. The van der Waals surface area contributed by atoms with Crippen LogP contribution in [0.25, 0.3) is 6.08 Å². The van der Waals surface area contributed by atoms with Gasteiger partial charge in [-0.15, -0.1) is 0 Å². The van der Waals surface area contributed by atoms with Gasteiger partial charge in [-0.05, 0) is 49.5 Å². The number of thioether (sulfide) groups is 1. The minimum Gasteiger partial charge on any atom is -0.481 e. The summed E-state index contributed by atoms with van der Waals surface area (Å²) in [5, 5.41) is 22.6. The van der Waals surface area contributed by atoms with E-state index in [-0.39, 0.29) is 23.5 Å². The van der Waals surface area contributed by atoms with Gasteiger partial charge in [0.25, 0.3) is 11.5 Å². The Labute approximate surface area is 274 Å². The van der Waals surface area contributed by atoms with E-state index >= 15 is 0 Å². The van der Waals surface area contributed by atoms with Crippen LogP contribution in [-0.4, -0.2) is 37.3 Å². The zero-order chi connectivity index (χ0) is 32.1. The molecule has 44 heavy (non-hydrogen) atoms. The van der Waals surface area contributed by atoms with Crippen molar-refractivity contribution in [1.29, 1.82) is 5.26 Å². The molecule has 0 saturated carbocycles. The van der Waals surface area contributed by atoms with Gasteiger partial charge in [-0.3, -0.25) is 23.9 Å². The molecule has 8 nitrogen and oxygen atoms in total. The Bertz CT molecular complexity index is 1480. The SMILES string of the molecule is CCCCn1c(NCc2ccccc2Cl)c(/C=C2/SC(=S)N(CCCCCCCCCCC(=O)O)C2=O)c(C)c(C#N)c1=O. The first-order valence-corrected chi connectivity index (χ1v) is 16.9. The minimum absolute atomic E-state index is 0.0630. The Morgan fingerprint density at radius 1 is 1.07 bits per heavy atom. The van der Waals surface area contributed by atoms with E-state index in [0.717, 1.165) is 69.8 Å². The average molecular weight is 657 g/mol. The van der Waals surface area contributed by atoms with Crippen LogP contribution in [0.5, 0.6) is 0 Å². The summed E-state index contributed by atoms with van der Waals surface area (Å²) in [7, 11) is 0. The maximum absolute atomic E-state index is 13.5. The smallest absolute Gasteiger partial charge is 0.303 e. The Morgan fingerprint density at radius 3 is 2.36 bits per heavy atom. The number of unbranched alkanes of at least 4 members (excludes halogenated alkanes) is 8. The second-order valence-electron chi connectivity index (χ2n) is 10.9. The van der Waals surface area contributed by atoms with Crippen molar-refractivity contribution in [3.05, 3.63) is 66.8 Å². The highest BCUT2D eigenvalue weighted by molar-refractivity contribution is 8.26. The van der Waals surface area contributed by atoms with E-state index in [4.69, 9.17) is 28.9 Å². The van der Waals surface area contributed by atoms with Crippen LogP contribution in [0.1, 0.15) is 99.8 Å². The molecule has 0 bridgehead atoms. The highest BCUT2D eigenvalue weighted by atomic mass is 35.5. The van der Waals surface area contributed by atoms with Crippen LogP contribution < -0.4 is 10.9 Å². The Kier molecular flexibility index (Phi) is 14.5. The average Bonchev–Trinajstić information content (AvgIpc) is 3.26. The van der Waals surface area contributed by atoms with Gasteiger partial charge in [-0.1, -0.05) is 106 Å². The van der Waals surface area contributed by atoms with Crippen molar-refractivity contribution < 1.29 is 14.7 Å². The fourth-order valence-electron chi connectivity index (χ4n) is 5.13. The van der Waals surface area contributed by atoms with Crippen LogP contribution >= 0.6 is 35.6 Å². The van der Waals surface area contributed by atoms with Crippen LogP contribution in [0.4, 0.5) is 5.82 Å². The quantitative estimate of drug-likeness (QED) is 0.0945. The number of nitrogens with one attached hydrogen (secondary N) is 1. The predicted octanol–water partition coefficient (Wildman–Crippen LogP) is 7.89. The summed E-state index contributed by atoms with van der Waals surface area (Å²) in [5.41, 5.74) is 1.70. The minimum atomic E-state index is -0.737. The van der Waals surface area contributed by atoms with Gasteiger partial charge in [0.2, 0.25) is 0 Å². The zero-order valence-corrected chi connectivity index (χ0v) is 27.9. The number of thiocarbonyl (C=S) groups is 1. The number of benzene rings is 1. The topological polar surface area (TPSA) is 115 Å². The van der Waals surface area contributed by atoms with E-state index in [2.05, 4.69) is 11.4 Å². The number of nitriles is 1. The summed E-state index contributed by atoms with van der Waals surface area (Å²) in [5.74, 6) is -0.355. The summed E-state index contributed by atoms with van der Waals surface area (Å²) in [4.78, 5) is 39.6. The molecule has 1 aromatic carbocycles. The molecular weight excluding hydrogens is 616 g/mol. The molecule has 11 heteroatoms. The van der Waals surface area contributed by atoms with Gasteiger partial charge in [0.1, 0.15) is 21.8 Å². The molecule has 0 unspecified atom stereocenters. The number of aliphatic carboxylic acids is 1. The number of pyridine rings is 1. The van der Waals surface area contributed by atoms with Crippen LogP contribution in [0.15, 0.2) is 34.0 Å². The Balaban J connectivity index is 1.76. The third kappa shape index (κ3) is 9.68. The van der Waals surface area contributed by atoms with Crippen LogP contribution in [-0.2, 0) is 22.7 Å². The number of carboxylic acid groups (broad SMARTS) is 1. The number of rotatable bonds is 18. The van der Waals surface area contributed by atoms with Crippen molar-refractivity contribution in [2.24, 2.45) is 0 Å². The standard InChI is InChI=1S/C33H41ClN4O4S2/c1-3-4-18-37-30(36-22-24-15-12-13-16-27(24)34)25(23(2)26(21-35)31(37)41)20-28-32(42)38(33(43)44-28)19-14-10-8-6-5-7-9-11-17-29(39)40/h12-13,15-16,20,36H,3-11,14,17-19,22H2,1-2H3,(H,39,40)/b28-20+. The Hall–Kier alpha value is -3.13. The maximum atomic E-state index is 13.5.